The van der Waals surface area contributed by atoms with Gasteiger partial charge in [0, 0.05) is 26.3 Å². The van der Waals surface area contributed by atoms with Crippen molar-refractivity contribution in [2.75, 3.05) is 7.05 Å². The lowest BCUT2D eigenvalue weighted by Gasteiger charge is -2.14. The van der Waals surface area contributed by atoms with Crippen LogP contribution in [0.5, 0.6) is 0 Å². The fourth-order valence-corrected chi connectivity index (χ4v) is 2.71. The van der Waals surface area contributed by atoms with Gasteiger partial charge in [0.05, 0.1) is 12.8 Å². The number of aromatic nitrogens is 2. The normalized spacial score (nSPS) is 10.8. The summed E-state index contributed by atoms with van der Waals surface area (Å²) in [5.41, 5.74) is 1.30. The van der Waals surface area contributed by atoms with Gasteiger partial charge in [-0.05, 0) is 30.5 Å². The lowest BCUT2D eigenvalue weighted by atomic mass is 10.1. The summed E-state index contributed by atoms with van der Waals surface area (Å²) in [5.74, 6) is 1.93. The summed E-state index contributed by atoms with van der Waals surface area (Å²) in [4.78, 5) is 13.8. The van der Waals surface area contributed by atoms with Gasteiger partial charge >= 0.3 is 0 Å². The van der Waals surface area contributed by atoms with E-state index in [-0.39, 0.29) is 5.91 Å². The second kappa shape index (κ2) is 8.99. The Hall–Kier alpha value is -2.89. The van der Waals surface area contributed by atoms with Crippen molar-refractivity contribution in [1.29, 1.82) is 0 Å². The number of nitrogens with zero attached hydrogens (tertiary/aromatic N) is 3. The minimum Gasteiger partial charge on any atom is -0.467 e. The average molecular weight is 353 g/mol. The molecule has 6 nitrogen and oxygen atoms in total. The van der Waals surface area contributed by atoms with E-state index in [4.69, 9.17) is 8.83 Å². The first-order valence-electron chi connectivity index (χ1n) is 8.82. The lowest BCUT2D eigenvalue weighted by Crippen LogP contribution is -2.26. The maximum atomic E-state index is 12.2. The molecule has 0 aliphatic heterocycles. The van der Waals surface area contributed by atoms with Gasteiger partial charge in [-0.15, -0.1) is 10.2 Å². The number of hydrogen-bond acceptors (Lipinski definition) is 5. The SMILES string of the molecule is CN(Cc1ccco1)C(=O)CCc1nnc(CCCc2ccccc2)o1. The molecule has 0 N–H and O–H groups in total. The van der Waals surface area contributed by atoms with E-state index in [1.807, 2.05) is 30.3 Å². The van der Waals surface area contributed by atoms with E-state index in [2.05, 4.69) is 22.3 Å². The number of hydrogen-bond donors (Lipinski definition) is 0. The molecule has 3 rings (SSSR count). The van der Waals surface area contributed by atoms with Gasteiger partial charge in [0.2, 0.25) is 17.7 Å². The van der Waals surface area contributed by atoms with Gasteiger partial charge in [0.15, 0.2) is 0 Å². The van der Waals surface area contributed by atoms with Crippen molar-refractivity contribution in [1.82, 2.24) is 15.1 Å². The summed E-state index contributed by atoms with van der Waals surface area (Å²) in [6.07, 6.45) is 5.07. The summed E-state index contributed by atoms with van der Waals surface area (Å²) in [7, 11) is 1.76. The Morgan fingerprint density at radius 2 is 1.77 bits per heavy atom. The van der Waals surface area contributed by atoms with Gasteiger partial charge in [-0.1, -0.05) is 30.3 Å². The van der Waals surface area contributed by atoms with Gasteiger partial charge in [0.25, 0.3) is 0 Å². The topological polar surface area (TPSA) is 72.4 Å². The van der Waals surface area contributed by atoms with Gasteiger partial charge in [-0.25, -0.2) is 0 Å². The molecule has 1 aromatic carbocycles. The molecule has 0 atom stereocenters. The zero-order chi connectivity index (χ0) is 18.2. The van der Waals surface area contributed by atoms with E-state index in [0.717, 1.165) is 25.0 Å². The van der Waals surface area contributed by atoms with Crippen LogP contribution in [0.25, 0.3) is 0 Å². The summed E-state index contributed by atoms with van der Waals surface area (Å²) >= 11 is 0. The minimum absolute atomic E-state index is 0.0187. The first-order valence-corrected chi connectivity index (χ1v) is 8.82. The highest BCUT2D eigenvalue weighted by molar-refractivity contribution is 5.75. The Bertz CT molecular complexity index is 797. The third-order valence-corrected chi connectivity index (χ3v) is 4.16. The van der Waals surface area contributed by atoms with Crippen molar-refractivity contribution in [2.24, 2.45) is 0 Å². The first kappa shape index (κ1) is 17.9. The number of rotatable bonds is 9. The fraction of sp³-hybridized carbons (Fsp3) is 0.350. The van der Waals surface area contributed by atoms with Crippen molar-refractivity contribution in [3.8, 4) is 0 Å². The molecule has 0 aliphatic rings. The van der Waals surface area contributed by atoms with Crippen molar-refractivity contribution in [2.45, 2.75) is 38.6 Å². The molecule has 3 aromatic rings. The van der Waals surface area contributed by atoms with Crippen LogP contribution in [0.2, 0.25) is 0 Å². The molecule has 0 unspecified atom stereocenters. The predicted octanol–water partition coefficient (Wildman–Crippen LogP) is 3.43. The van der Waals surface area contributed by atoms with Crippen LogP contribution in [-0.4, -0.2) is 28.1 Å². The smallest absolute Gasteiger partial charge is 0.223 e. The molecule has 6 heteroatoms. The number of carbonyl (C=O) groups is 1. The highest BCUT2D eigenvalue weighted by atomic mass is 16.4. The minimum atomic E-state index is 0.0187. The first-order chi connectivity index (χ1) is 12.7. The van der Waals surface area contributed by atoms with E-state index in [9.17, 15) is 4.79 Å². The number of carbonyl (C=O) groups excluding carboxylic acids is 1. The number of furan rings is 1. The van der Waals surface area contributed by atoms with E-state index in [1.54, 1.807) is 18.2 Å². The molecule has 0 saturated carbocycles. The maximum Gasteiger partial charge on any atom is 0.223 e. The highest BCUT2D eigenvalue weighted by Gasteiger charge is 2.13. The molecule has 0 fully saturated rings. The van der Waals surface area contributed by atoms with Crippen LogP contribution in [0, 0.1) is 0 Å². The van der Waals surface area contributed by atoms with Crippen LogP contribution in [0.4, 0.5) is 0 Å². The third-order valence-electron chi connectivity index (χ3n) is 4.16. The second-order valence-electron chi connectivity index (χ2n) is 6.26. The molecule has 136 valence electrons. The molecule has 0 aliphatic carbocycles. The largest absolute Gasteiger partial charge is 0.467 e. The molecule has 0 bridgehead atoms. The summed E-state index contributed by atoms with van der Waals surface area (Å²) in [6.45, 7) is 0.459. The van der Waals surface area contributed by atoms with Gasteiger partial charge in [-0.3, -0.25) is 4.79 Å². The lowest BCUT2D eigenvalue weighted by molar-refractivity contribution is -0.130. The van der Waals surface area contributed by atoms with E-state index < -0.39 is 0 Å². The Morgan fingerprint density at radius 1 is 1.00 bits per heavy atom. The third kappa shape index (κ3) is 5.31. The fourth-order valence-electron chi connectivity index (χ4n) is 2.71. The molecule has 0 saturated heterocycles. The van der Waals surface area contributed by atoms with Gasteiger partial charge in [0.1, 0.15) is 5.76 Å². The van der Waals surface area contributed by atoms with Crippen LogP contribution < -0.4 is 0 Å². The molecule has 1 amide bonds. The van der Waals surface area contributed by atoms with E-state index >= 15 is 0 Å². The molecule has 0 spiro atoms. The summed E-state index contributed by atoms with van der Waals surface area (Å²) in [6, 6.07) is 14.0. The molecule has 2 heterocycles. The van der Waals surface area contributed by atoms with Crippen molar-refractivity contribution < 1.29 is 13.6 Å². The molecular weight excluding hydrogens is 330 g/mol. The Labute approximate surface area is 152 Å². The standard InChI is InChI=1S/C20H23N3O3/c1-23(15-17-10-6-14-25-17)20(24)13-12-19-22-21-18(26-19)11-5-9-16-7-3-2-4-8-16/h2-4,6-8,10,14H,5,9,11-13,15H2,1H3. The van der Waals surface area contributed by atoms with E-state index in [0.29, 0.717) is 31.2 Å². The average Bonchev–Trinajstić information content (AvgIpc) is 3.32. The van der Waals surface area contributed by atoms with Gasteiger partial charge in [-0.2, -0.15) is 0 Å². The maximum absolute atomic E-state index is 12.2. The summed E-state index contributed by atoms with van der Waals surface area (Å²) in [5, 5.41) is 8.12. The van der Waals surface area contributed by atoms with Crippen LogP contribution in [0.1, 0.15) is 35.9 Å². The van der Waals surface area contributed by atoms with Crippen molar-refractivity contribution >= 4 is 5.91 Å². The molecule has 2 aromatic heterocycles. The summed E-state index contributed by atoms with van der Waals surface area (Å²) < 4.78 is 10.9. The van der Waals surface area contributed by atoms with Crippen molar-refractivity contribution in [3.63, 3.8) is 0 Å². The Kier molecular flexibility index (Phi) is 6.19. The quantitative estimate of drug-likeness (QED) is 0.589. The zero-order valence-electron chi connectivity index (χ0n) is 14.9. The zero-order valence-corrected chi connectivity index (χ0v) is 14.9. The molecular formula is C20H23N3O3. The second-order valence-corrected chi connectivity index (χ2v) is 6.26. The Morgan fingerprint density at radius 3 is 2.50 bits per heavy atom. The number of aryl methyl sites for hydroxylation is 3. The van der Waals surface area contributed by atoms with Gasteiger partial charge < -0.3 is 13.7 Å². The highest BCUT2D eigenvalue weighted by Crippen LogP contribution is 2.10. The molecule has 26 heavy (non-hydrogen) atoms. The van der Waals surface area contributed by atoms with Crippen LogP contribution >= 0.6 is 0 Å². The monoisotopic (exact) mass is 353 g/mol. The predicted molar refractivity (Wildman–Crippen MR) is 96.3 cm³/mol. The molecule has 0 radical (unpaired) electrons. The van der Waals surface area contributed by atoms with Crippen molar-refractivity contribution in [3.05, 3.63) is 71.8 Å². The Balaban J connectivity index is 1.39. The van der Waals surface area contributed by atoms with Crippen LogP contribution in [-0.2, 0) is 30.6 Å². The van der Waals surface area contributed by atoms with Crippen LogP contribution in [0.3, 0.4) is 0 Å². The number of benzene rings is 1. The van der Waals surface area contributed by atoms with E-state index in [1.165, 1.54) is 5.56 Å². The van der Waals surface area contributed by atoms with Crippen LogP contribution in [0.15, 0.2) is 57.6 Å². The number of amides is 1.